The maximum atomic E-state index is 12.5. The number of thioether (sulfide) groups is 1. The van der Waals surface area contributed by atoms with Gasteiger partial charge >= 0.3 is 0 Å². The number of nitrogens with two attached hydrogens (primary N) is 1. The molecule has 7 heteroatoms. The van der Waals surface area contributed by atoms with Crippen LogP contribution >= 0.6 is 11.8 Å². The Morgan fingerprint density at radius 3 is 2.36 bits per heavy atom. The zero-order chi connectivity index (χ0) is 16.3. The molecular formula is C15H27N5OS. The second-order valence-electron chi connectivity index (χ2n) is 6.82. The summed E-state index contributed by atoms with van der Waals surface area (Å²) in [4.78, 5) is 14.5. The molecule has 1 aromatic rings. The molecule has 1 fully saturated rings. The summed E-state index contributed by atoms with van der Waals surface area (Å²) in [5.41, 5.74) is 5.86. The Hall–Kier alpha value is -1.24. The molecule has 2 N–H and O–H groups in total. The first kappa shape index (κ1) is 17.1. The number of nitrogens with zero attached hydrogens (tertiary/aromatic N) is 4. The highest BCUT2D eigenvalue weighted by atomic mass is 32.2. The van der Waals surface area contributed by atoms with Crippen LogP contribution in [0.1, 0.15) is 46.6 Å². The van der Waals surface area contributed by atoms with Gasteiger partial charge in [-0.3, -0.25) is 9.36 Å². The summed E-state index contributed by atoms with van der Waals surface area (Å²) in [5.74, 6) is 1.96. The third kappa shape index (κ3) is 4.63. The zero-order valence-electron chi connectivity index (χ0n) is 14.0. The molecule has 124 valence electrons. The molecule has 1 aliphatic carbocycles. The Morgan fingerprint density at radius 1 is 1.27 bits per heavy atom. The molecular weight excluding hydrogens is 298 g/mol. The fraction of sp³-hybridized carbons (Fsp3) is 0.800. The predicted octanol–water partition coefficient (Wildman–Crippen LogP) is 2.43. The number of rotatable bonds is 8. The molecule has 0 aromatic carbocycles. The maximum absolute atomic E-state index is 12.5. The lowest BCUT2D eigenvalue weighted by Crippen LogP contribution is -2.38. The van der Waals surface area contributed by atoms with Crippen LogP contribution in [-0.2, 0) is 4.79 Å². The molecule has 2 rings (SSSR count). The van der Waals surface area contributed by atoms with Crippen molar-refractivity contribution in [3.8, 4) is 0 Å². The average Bonchev–Trinajstić information content (AvgIpc) is 3.18. The summed E-state index contributed by atoms with van der Waals surface area (Å²) < 4.78 is 1.97. The Bertz CT molecular complexity index is 500. The van der Waals surface area contributed by atoms with Gasteiger partial charge in [0.05, 0.1) is 5.75 Å². The van der Waals surface area contributed by atoms with E-state index in [1.807, 2.05) is 9.47 Å². The largest absolute Gasteiger partial charge is 0.368 e. The van der Waals surface area contributed by atoms with Crippen molar-refractivity contribution < 1.29 is 4.79 Å². The van der Waals surface area contributed by atoms with Gasteiger partial charge in [-0.15, -0.1) is 10.2 Å². The van der Waals surface area contributed by atoms with Crippen molar-refractivity contribution in [2.24, 2.45) is 11.8 Å². The number of amides is 1. The fourth-order valence-electron chi connectivity index (χ4n) is 2.44. The van der Waals surface area contributed by atoms with E-state index in [1.54, 1.807) is 0 Å². The van der Waals surface area contributed by atoms with E-state index in [2.05, 4.69) is 37.9 Å². The van der Waals surface area contributed by atoms with Gasteiger partial charge in [0.15, 0.2) is 5.16 Å². The normalized spacial score (nSPS) is 14.8. The van der Waals surface area contributed by atoms with Gasteiger partial charge in [0.2, 0.25) is 11.9 Å². The van der Waals surface area contributed by atoms with E-state index in [1.165, 1.54) is 11.8 Å². The molecule has 1 heterocycles. The van der Waals surface area contributed by atoms with E-state index < -0.39 is 0 Å². The van der Waals surface area contributed by atoms with Gasteiger partial charge in [-0.1, -0.05) is 39.5 Å². The Kier molecular flexibility index (Phi) is 5.72. The number of hydrogen-bond donors (Lipinski definition) is 1. The second-order valence-corrected chi connectivity index (χ2v) is 7.76. The molecule has 1 aromatic heterocycles. The lowest BCUT2D eigenvalue weighted by molar-refractivity contribution is -0.129. The topological polar surface area (TPSA) is 77.0 Å². The molecule has 1 saturated carbocycles. The molecule has 0 spiro atoms. The van der Waals surface area contributed by atoms with Crippen LogP contribution in [0, 0.1) is 11.8 Å². The second kappa shape index (κ2) is 7.35. The van der Waals surface area contributed by atoms with E-state index >= 15 is 0 Å². The lowest BCUT2D eigenvalue weighted by Gasteiger charge is -2.26. The van der Waals surface area contributed by atoms with Crippen LogP contribution in [0.15, 0.2) is 5.16 Å². The third-order valence-corrected chi connectivity index (χ3v) is 4.38. The minimum atomic E-state index is 0.163. The number of nitrogen functional groups attached to an aromatic ring is 1. The molecule has 6 nitrogen and oxygen atoms in total. The Balaban J connectivity index is 1.95. The van der Waals surface area contributed by atoms with Crippen LogP contribution in [0.3, 0.4) is 0 Å². The molecule has 0 radical (unpaired) electrons. The van der Waals surface area contributed by atoms with Gasteiger partial charge in [0.1, 0.15) is 0 Å². The van der Waals surface area contributed by atoms with Crippen LogP contribution in [-0.4, -0.2) is 44.4 Å². The van der Waals surface area contributed by atoms with Crippen molar-refractivity contribution >= 4 is 23.6 Å². The highest BCUT2D eigenvalue weighted by Gasteiger charge is 2.29. The van der Waals surface area contributed by atoms with Crippen molar-refractivity contribution in [3.05, 3.63) is 0 Å². The van der Waals surface area contributed by atoms with Gasteiger partial charge in [0, 0.05) is 19.1 Å². The van der Waals surface area contributed by atoms with Gasteiger partial charge in [-0.2, -0.15) is 0 Å². The summed E-state index contributed by atoms with van der Waals surface area (Å²) in [7, 11) is 0. The van der Waals surface area contributed by atoms with Crippen LogP contribution in [0.5, 0.6) is 0 Å². The lowest BCUT2D eigenvalue weighted by atomic mass is 10.1. The number of carbonyl (C=O) groups excluding carboxylic acids is 1. The smallest absolute Gasteiger partial charge is 0.233 e. The number of carbonyl (C=O) groups is 1. The summed E-state index contributed by atoms with van der Waals surface area (Å²) in [6.07, 6.45) is 2.24. The minimum Gasteiger partial charge on any atom is -0.368 e. The Labute approximate surface area is 136 Å². The van der Waals surface area contributed by atoms with Gasteiger partial charge < -0.3 is 10.6 Å². The van der Waals surface area contributed by atoms with Crippen LogP contribution in [0.4, 0.5) is 5.95 Å². The standard InChI is InChI=1S/C15H27N5OS/c1-10(2)7-19(8-11(3)4)13(21)9-22-15-18-17-14(16)20(15)12-5-6-12/h10-12H,5-9H2,1-4H3,(H2,16,17). The van der Waals surface area contributed by atoms with E-state index in [-0.39, 0.29) is 5.91 Å². The average molecular weight is 325 g/mol. The summed E-state index contributed by atoms with van der Waals surface area (Å²) in [5, 5.41) is 8.82. The molecule has 0 unspecified atom stereocenters. The molecule has 22 heavy (non-hydrogen) atoms. The van der Waals surface area contributed by atoms with Crippen LogP contribution in [0.25, 0.3) is 0 Å². The fourth-order valence-corrected chi connectivity index (χ4v) is 3.36. The summed E-state index contributed by atoms with van der Waals surface area (Å²) in [6, 6.07) is 0.426. The molecule has 0 bridgehead atoms. The number of aromatic nitrogens is 3. The molecule has 0 aliphatic heterocycles. The van der Waals surface area contributed by atoms with E-state index in [0.29, 0.717) is 29.6 Å². The Morgan fingerprint density at radius 2 is 1.86 bits per heavy atom. The molecule has 0 atom stereocenters. The van der Waals surface area contributed by atoms with Gasteiger partial charge in [-0.25, -0.2) is 0 Å². The first-order chi connectivity index (χ1) is 10.4. The monoisotopic (exact) mass is 325 g/mol. The SMILES string of the molecule is CC(C)CN(CC(C)C)C(=O)CSc1nnc(N)n1C1CC1. The van der Waals surface area contributed by atoms with E-state index in [0.717, 1.165) is 31.1 Å². The van der Waals surface area contributed by atoms with Crippen molar-refractivity contribution in [1.29, 1.82) is 0 Å². The van der Waals surface area contributed by atoms with E-state index in [4.69, 9.17) is 5.73 Å². The van der Waals surface area contributed by atoms with Gasteiger partial charge in [0.25, 0.3) is 0 Å². The molecule has 1 amide bonds. The quantitative estimate of drug-likeness (QED) is 0.743. The van der Waals surface area contributed by atoms with Crippen LogP contribution < -0.4 is 5.73 Å². The van der Waals surface area contributed by atoms with Crippen molar-refractivity contribution in [2.45, 2.75) is 51.7 Å². The number of anilines is 1. The minimum absolute atomic E-state index is 0.163. The predicted molar refractivity (Wildman–Crippen MR) is 89.7 cm³/mol. The highest BCUT2D eigenvalue weighted by Crippen LogP contribution is 2.39. The molecule has 0 saturated heterocycles. The van der Waals surface area contributed by atoms with Gasteiger partial charge in [-0.05, 0) is 24.7 Å². The van der Waals surface area contributed by atoms with E-state index in [9.17, 15) is 4.79 Å². The zero-order valence-corrected chi connectivity index (χ0v) is 14.8. The van der Waals surface area contributed by atoms with Crippen molar-refractivity contribution in [3.63, 3.8) is 0 Å². The summed E-state index contributed by atoms with van der Waals surface area (Å²) in [6.45, 7) is 10.1. The third-order valence-electron chi connectivity index (χ3n) is 3.45. The highest BCUT2D eigenvalue weighted by molar-refractivity contribution is 7.99. The van der Waals surface area contributed by atoms with Crippen LogP contribution in [0.2, 0.25) is 0 Å². The maximum Gasteiger partial charge on any atom is 0.233 e. The first-order valence-corrected chi connectivity index (χ1v) is 8.98. The first-order valence-electron chi connectivity index (χ1n) is 7.99. The number of hydrogen-bond acceptors (Lipinski definition) is 5. The summed E-state index contributed by atoms with van der Waals surface area (Å²) >= 11 is 1.44. The van der Waals surface area contributed by atoms with Crippen molar-refractivity contribution in [2.75, 3.05) is 24.6 Å². The van der Waals surface area contributed by atoms with Crippen molar-refractivity contribution in [1.82, 2.24) is 19.7 Å². The molecule has 1 aliphatic rings.